The number of hydrogen-bond donors (Lipinski definition) is 2. The molecular formula is C25H25N5O2. The Hall–Kier alpha value is -3.63. The smallest absolute Gasteiger partial charge is 0.354 e. The number of nitrogens with zero attached hydrogens (tertiary/aromatic N) is 4. The normalized spacial score (nSPS) is 18.3. The zero-order chi connectivity index (χ0) is 22.1. The fourth-order valence-corrected chi connectivity index (χ4v) is 4.89. The summed E-state index contributed by atoms with van der Waals surface area (Å²) in [7, 11) is 0. The van der Waals surface area contributed by atoms with Gasteiger partial charge in [-0.3, -0.25) is 0 Å². The zero-order valence-electron chi connectivity index (χ0n) is 17.8. The first kappa shape index (κ1) is 20.3. The van der Waals surface area contributed by atoms with Crippen LogP contribution in [0.2, 0.25) is 0 Å². The lowest BCUT2D eigenvalue weighted by Gasteiger charge is -2.38. The molecule has 1 unspecified atom stereocenters. The fraction of sp³-hybridized carbons (Fsp3) is 0.320. The fourth-order valence-electron chi connectivity index (χ4n) is 4.89. The highest BCUT2D eigenvalue weighted by atomic mass is 16.4. The molecule has 1 aromatic heterocycles. The number of nitriles is 1. The van der Waals surface area contributed by atoms with Crippen LogP contribution in [0.4, 0.5) is 11.4 Å². The van der Waals surface area contributed by atoms with E-state index in [0.29, 0.717) is 19.5 Å². The maximum Gasteiger partial charge on any atom is 0.354 e. The highest BCUT2D eigenvalue weighted by Gasteiger charge is 2.28. The van der Waals surface area contributed by atoms with Crippen molar-refractivity contribution in [3.05, 3.63) is 65.5 Å². The molecule has 5 rings (SSSR count). The quantitative estimate of drug-likeness (QED) is 0.661. The Morgan fingerprint density at radius 2 is 2.00 bits per heavy atom. The predicted octanol–water partition coefficient (Wildman–Crippen LogP) is 3.19. The van der Waals surface area contributed by atoms with Gasteiger partial charge in [0.1, 0.15) is 0 Å². The summed E-state index contributed by atoms with van der Waals surface area (Å²) in [4.78, 5) is 20.9. The van der Waals surface area contributed by atoms with Crippen LogP contribution in [0.3, 0.4) is 0 Å². The molecule has 2 aromatic carbocycles. The van der Waals surface area contributed by atoms with Gasteiger partial charge in [-0.1, -0.05) is 36.4 Å². The molecule has 2 aliphatic rings. The second-order valence-corrected chi connectivity index (χ2v) is 8.39. The minimum absolute atomic E-state index is 0.0777. The largest absolute Gasteiger partial charge is 0.477 e. The molecule has 7 nitrogen and oxygen atoms in total. The van der Waals surface area contributed by atoms with Crippen molar-refractivity contribution in [2.45, 2.75) is 25.4 Å². The Balaban J connectivity index is 1.52. The highest BCUT2D eigenvalue weighted by Crippen LogP contribution is 2.34. The second kappa shape index (κ2) is 8.48. The Labute approximate surface area is 186 Å². The van der Waals surface area contributed by atoms with Gasteiger partial charge in [0, 0.05) is 54.5 Å². The molecule has 1 saturated heterocycles. The lowest BCUT2D eigenvalue weighted by molar-refractivity contribution is 0.0690. The minimum Gasteiger partial charge on any atom is -0.477 e. The summed E-state index contributed by atoms with van der Waals surface area (Å²) >= 11 is 0. The minimum atomic E-state index is -1.01. The number of fused-ring (bicyclic) bond motifs is 2. The van der Waals surface area contributed by atoms with E-state index in [4.69, 9.17) is 5.26 Å². The van der Waals surface area contributed by atoms with Gasteiger partial charge >= 0.3 is 5.97 Å². The van der Waals surface area contributed by atoms with E-state index >= 15 is 0 Å². The summed E-state index contributed by atoms with van der Waals surface area (Å²) in [6.07, 6.45) is 1.23. The molecule has 2 N–H and O–H groups in total. The van der Waals surface area contributed by atoms with E-state index in [1.807, 2.05) is 12.1 Å². The first-order valence-electron chi connectivity index (χ1n) is 11.0. The monoisotopic (exact) mass is 427 g/mol. The van der Waals surface area contributed by atoms with E-state index in [0.717, 1.165) is 48.7 Å². The molecule has 0 aliphatic carbocycles. The Kier molecular flexibility index (Phi) is 5.38. The number of carboxylic acid groups (broad SMARTS) is 1. The van der Waals surface area contributed by atoms with Crippen molar-refractivity contribution in [2.75, 3.05) is 36.0 Å². The van der Waals surface area contributed by atoms with Crippen LogP contribution in [0.1, 0.15) is 28.2 Å². The summed E-state index contributed by atoms with van der Waals surface area (Å²) in [5.74, 6) is -1.01. The summed E-state index contributed by atoms with van der Waals surface area (Å²) in [6.45, 7) is 3.66. The van der Waals surface area contributed by atoms with Gasteiger partial charge in [-0.25, -0.2) is 9.78 Å². The summed E-state index contributed by atoms with van der Waals surface area (Å²) in [6, 6.07) is 18.7. The van der Waals surface area contributed by atoms with Crippen molar-refractivity contribution in [3.8, 4) is 6.07 Å². The van der Waals surface area contributed by atoms with Gasteiger partial charge in [0.05, 0.1) is 24.7 Å². The maximum absolute atomic E-state index is 11.9. The Bertz CT molecular complexity index is 1210. The van der Waals surface area contributed by atoms with Crippen LogP contribution in [-0.4, -0.2) is 48.3 Å². The molecule has 32 heavy (non-hydrogen) atoms. The number of aromatic nitrogens is 1. The summed E-state index contributed by atoms with van der Waals surface area (Å²) in [5, 5.41) is 24.6. The molecule has 1 atom stereocenters. The van der Waals surface area contributed by atoms with E-state index in [-0.39, 0.29) is 11.7 Å². The number of anilines is 2. The van der Waals surface area contributed by atoms with Crippen molar-refractivity contribution in [2.24, 2.45) is 0 Å². The van der Waals surface area contributed by atoms with Crippen LogP contribution in [0, 0.1) is 11.3 Å². The molecule has 0 saturated carbocycles. The number of carboxylic acids is 1. The van der Waals surface area contributed by atoms with Crippen LogP contribution >= 0.6 is 0 Å². The SMILES string of the molecule is N#CCC1CN(c2cc(C(=O)O)nc3c2CCN(c2cccc4ccccc24)C3)CCN1. The standard InChI is InChI=1S/C25H25N5O2/c26-10-8-18-15-30(13-11-27-18)24-14-21(25(31)32)28-22-16-29(12-9-20(22)24)23-7-3-5-17-4-1-2-6-19(17)23/h1-7,14,18,27H,8-9,11-13,15-16H2,(H,31,32). The van der Waals surface area contributed by atoms with Gasteiger partial charge in [0.15, 0.2) is 5.69 Å². The number of pyridine rings is 1. The topological polar surface area (TPSA) is 92.5 Å². The van der Waals surface area contributed by atoms with Gasteiger partial charge in [0.25, 0.3) is 0 Å². The number of hydrogen-bond acceptors (Lipinski definition) is 6. The van der Waals surface area contributed by atoms with Crippen LogP contribution in [-0.2, 0) is 13.0 Å². The molecule has 0 spiro atoms. The average Bonchev–Trinajstić information content (AvgIpc) is 2.83. The summed E-state index contributed by atoms with van der Waals surface area (Å²) < 4.78 is 0. The molecule has 1 fully saturated rings. The number of aromatic carboxylic acids is 1. The molecule has 3 aromatic rings. The lowest BCUT2D eigenvalue weighted by atomic mass is 9.98. The molecule has 0 radical (unpaired) electrons. The molecule has 7 heteroatoms. The molecule has 0 amide bonds. The Morgan fingerprint density at radius 3 is 2.84 bits per heavy atom. The Morgan fingerprint density at radius 1 is 1.16 bits per heavy atom. The highest BCUT2D eigenvalue weighted by molar-refractivity contribution is 5.94. The van der Waals surface area contributed by atoms with Crippen LogP contribution in [0.25, 0.3) is 10.8 Å². The third-order valence-corrected chi connectivity index (χ3v) is 6.42. The van der Waals surface area contributed by atoms with Crippen molar-refractivity contribution < 1.29 is 9.90 Å². The van der Waals surface area contributed by atoms with E-state index in [2.05, 4.69) is 56.5 Å². The van der Waals surface area contributed by atoms with Gasteiger partial charge < -0.3 is 20.2 Å². The lowest BCUT2D eigenvalue weighted by Crippen LogP contribution is -2.51. The van der Waals surface area contributed by atoms with E-state index in [1.54, 1.807) is 6.07 Å². The first-order valence-corrected chi connectivity index (χ1v) is 11.0. The number of benzene rings is 2. The third-order valence-electron chi connectivity index (χ3n) is 6.42. The van der Waals surface area contributed by atoms with Gasteiger partial charge in [0.2, 0.25) is 0 Å². The van der Waals surface area contributed by atoms with Crippen molar-refractivity contribution in [1.82, 2.24) is 10.3 Å². The van der Waals surface area contributed by atoms with Crippen LogP contribution in [0.5, 0.6) is 0 Å². The van der Waals surface area contributed by atoms with Crippen molar-refractivity contribution in [3.63, 3.8) is 0 Å². The van der Waals surface area contributed by atoms with E-state index in [9.17, 15) is 9.90 Å². The van der Waals surface area contributed by atoms with E-state index < -0.39 is 5.97 Å². The van der Waals surface area contributed by atoms with Crippen molar-refractivity contribution in [1.29, 1.82) is 5.26 Å². The van der Waals surface area contributed by atoms with Crippen LogP contribution in [0.15, 0.2) is 48.5 Å². The molecule has 162 valence electrons. The number of nitrogens with one attached hydrogen (secondary N) is 1. The number of carbonyl (C=O) groups is 1. The first-order chi connectivity index (χ1) is 15.6. The molecule has 2 aliphatic heterocycles. The number of piperazine rings is 1. The third kappa shape index (κ3) is 3.74. The van der Waals surface area contributed by atoms with Gasteiger partial charge in [-0.2, -0.15) is 5.26 Å². The molecule has 0 bridgehead atoms. The predicted molar refractivity (Wildman–Crippen MR) is 124 cm³/mol. The van der Waals surface area contributed by atoms with Gasteiger partial charge in [-0.15, -0.1) is 0 Å². The van der Waals surface area contributed by atoms with Gasteiger partial charge in [-0.05, 0) is 23.9 Å². The second-order valence-electron chi connectivity index (χ2n) is 8.39. The maximum atomic E-state index is 11.9. The number of rotatable bonds is 4. The zero-order valence-corrected chi connectivity index (χ0v) is 17.8. The van der Waals surface area contributed by atoms with Crippen molar-refractivity contribution >= 4 is 28.1 Å². The average molecular weight is 428 g/mol. The molecule has 3 heterocycles. The van der Waals surface area contributed by atoms with Crippen LogP contribution < -0.4 is 15.1 Å². The summed E-state index contributed by atoms with van der Waals surface area (Å²) in [5.41, 5.74) is 4.14. The van der Waals surface area contributed by atoms with E-state index in [1.165, 1.54) is 10.8 Å². The molecular weight excluding hydrogens is 402 g/mol.